The van der Waals surface area contributed by atoms with E-state index < -0.39 is 12.1 Å². The molecular formula is C24H27N3O5. The number of nitrogens with zero attached hydrogens (tertiary/aromatic N) is 1. The molecule has 0 radical (unpaired) electrons. The monoisotopic (exact) mass is 437 g/mol. The van der Waals surface area contributed by atoms with Gasteiger partial charge in [0.05, 0.1) is 12.2 Å². The molecule has 0 unspecified atom stereocenters. The van der Waals surface area contributed by atoms with Crippen LogP contribution in [0.3, 0.4) is 0 Å². The summed E-state index contributed by atoms with van der Waals surface area (Å²) >= 11 is 0. The number of benzene rings is 2. The van der Waals surface area contributed by atoms with Crippen molar-refractivity contribution < 1.29 is 23.9 Å². The van der Waals surface area contributed by atoms with Crippen LogP contribution in [0.1, 0.15) is 38.2 Å². The molecule has 168 valence electrons. The zero-order chi connectivity index (χ0) is 22.7. The summed E-state index contributed by atoms with van der Waals surface area (Å²) in [6.45, 7) is 4.80. The number of para-hydroxylation sites is 2. The number of urea groups is 1. The summed E-state index contributed by atoms with van der Waals surface area (Å²) in [6, 6.07) is 13.6. The summed E-state index contributed by atoms with van der Waals surface area (Å²) < 4.78 is 11.5. The first-order chi connectivity index (χ1) is 15.4. The second-order valence-corrected chi connectivity index (χ2v) is 8.26. The quantitative estimate of drug-likeness (QED) is 0.649. The Morgan fingerprint density at radius 3 is 2.56 bits per heavy atom. The largest absolute Gasteiger partial charge is 0.486 e. The lowest BCUT2D eigenvalue weighted by atomic mass is 10.0. The SMILES string of the molecule is CC(C)c1ccc(N2C(=O)N[C@@H](CCC(=O)NC[C@H]3COc4ccccc4O3)C2=O)cc1. The maximum absolute atomic E-state index is 12.7. The maximum Gasteiger partial charge on any atom is 0.329 e. The average molecular weight is 437 g/mol. The molecule has 0 aliphatic carbocycles. The van der Waals surface area contributed by atoms with Crippen LogP contribution in [-0.2, 0) is 9.59 Å². The first-order valence-electron chi connectivity index (χ1n) is 10.8. The second-order valence-electron chi connectivity index (χ2n) is 8.26. The van der Waals surface area contributed by atoms with E-state index in [2.05, 4.69) is 24.5 Å². The molecular weight excluding hydrogens is 410 g/mol. The van der Waals surface area contributed by atoms with E-state index in [1.54, 1.807) is 12.1 Å². The zero-order valence-corrected chi connectivity index (χ0v) is 18.2. The van der Waals surface area contributed by atoms with Gasteiger partial charge in [0.2, 0.25) is 5.91 Å². The van der Waals surface area contributed by atoms with Crippen LogP contribution in [0.25, 0.3) is 0 Å². The smallest absolute Gasteiger partial charge is 0.329 e. The van der Waals surface area contributed by atoms with Gasteiger partial charge in [-0.25, -0.2) is 9.69 Å². The van der Waals surface area contributed by atoms with Crippen molar-refractivity contribution in [3.05, 3.63) is 54.1 Å². The predicted octanol–water partition coefficient (Wildman–Crippen LogP) is 2.97. The number of nitrogens with one attached hydrogen (secondary N) is 2. The summed E-state index contributed by atoms with van der Waals surface area (Å²) in [6.07, 6.45) is 0.0500. The molecule has 32 heavy (non-hydrogen) atoms. The highest BCUT2D eigenvalue weighted by molar-refractivity contribution is 6.21. The third-order valence-corrected chi connectivity index (χ3v) is 5.59. The van der Waals surface area contributed by atoms with Crippen molar-refractivity contribution in [3.8, 4) is 11.5 Å². The molecule has 0 spiro atoms. The van der Waals surface area contributed by atoms with Crippen LogP contribution in [0.4, 0.5) is 10.5 Å². The normalized spacial score (nSPS) is 19.8. The Labute approximate surface area is 186 Å². The van der Waals surface area contributed by atoms with Crippen LogP contribution >= 0.6 is 0 Å². The lowest BCUT2D eigenvalue weighted by molar-refractivity contribution is -0.122. The van der Waals surface area contributed by atoms with Crippen molar-refractivity contribution >= 4 is 23.5 Å². The fourth-order valence-electron chi connectivity index (χ4n) is 3.73. The molecule has 0 aromatic heterocycles. The number of ether oxygens (including phenoxy) is 2. The Bertz CT molecular complexity index is 1000. The summed E-state index contributed by atoms with van der Waals surface area (Å²) in [5.41, 5.74) is 1.66. The van der Waals surface area contributed by atoms with Crippen molar-refractivity contribution in [2.75, 3.05) is 18.1 Å². The standard InChI is InChI=1S/C24H27N3O5/c1-15(2)16-7-9-17(10-8-16)27-23(29)19(26-24(27)30)11-12-22(28)25-13-18-14-31-20-5-3-4-6-21(20)32-18/h3-10,15,18-19H,11-14H2,1-2H3,(H,25,28)(H,26,30)/t18-,19-/m0/s1. The van der Waals surface area contributed by atoms with Gasteiger partial charge < -0.3 is 20.1 Å². The number of hydrogen-bond acceptors (Lipinski definition) is 5. The lowest BCUT2D eigenvalue weighted by Crippen LogP contribution is -2.41. The molecule has 4 amide bonds. The summed E-state index contributed by atoms with van der Waals surface area (Å²) in [5, 5.41) is 5.49. The Kier molecular flexibility index (Phi) is 6.30. The lowest BCUT2D eigenvalue weighted by Gasteiger charge is -2.26. The van der Waals surface area contributed by atoms with Gasteiger partial charge in [-0.1, -0.05) is 38.1 Å². The molecule has 2 atom stereocenters. The number of fused-ring (bicyclic) bond motifs is 1. The minimum Gasteiger partial charge on any atom is -0.486 e. The van der Waals surface area contributed by atoms with Crippen LogP contribution in [0, 0.1) is 0 Å². The first-order valence-corrected chi connectivity index (χ1v) is 10.8. The third kappa shape index (κ3) is 4.69. The van der Waals surface area contributed by atoms with Crippen molar-refractivity contribution in [1.82, 2.24) is 10.6 Å². The van der Waals surface area contributed by atoms with Crippen LogP contribution in [0.2, 0.25) is 0 Å². The first kappa shape index (κ1) is 21.7. The summed E-state index contributed by atoms with van der Waals surface area (Å²) in [4.78, 5) is 38.5. The highest BCUT2D eigenvalue weighted by atomic mass is 16.6. The van der Waals surface area contributed by atoms with E-state index in [1.807, 2.05) is 36.4 Å². The zero-order valence-electron chi connectivity index (χ0n) is 18.2. The molecule has 0 bridgehead atoms. The van der Waals surface area contributed by atoms with E-state index in [9.17, 15) is 14.4 Å². The van der Waals surface area contributed by atoms with E-state index in [1.165, 1.54) is 0 Å². The van der Waals surface area contributed by atoms with Gasteiger partial charge in [0.25, 0.3) is 5.91 Å². The van der Waals surface area contributed by atoms with Gasteiger partial charge in [0, 0.05) is 6.42 Å². The molecule has 8 nitrogen and oxygen atoms in total. The molecule has 1 saturated heterocycles. The van der Waals surface area contributed by atoms with Gasteiger partial charge in [-0.15, -0.1) is 0 Å². The highest BCUT2D eigenvalue weighted by Crippen LogP contribution is 2.30. The van der Waals surface area contributed by atoms with Crippen molar-refractivity contribution in [3.63, 3.8) is 0 Å². The number of carbonyl (C=O) groups is 3. The molecule has 2 aliphatic rings. The minimum absolute atomic E-state index is 0.112. The van der Waals surface area contributed by atoms with E-state index in [0.29, 0.717) is 36.3 Å². The maximum atomic E-state index is 12.7. The van der Waals surface area contributed by atoms with Crippen LogP contribution in [0.15, 0.2) is 48.5 Å². The van der Waals surface area contributed by atoms with E-state index in [-0.39, 0.29) is 30.8 Å². The molecule has 0 saturated carbocycles. The fourth-order valence-corrected chi connectivity index (χ4v) is 3.73. The number of carbonyl (C=O) groups excluding carboxylic acids is 3. The van der Waals surface area contributed by atoms with E-state index in [4.69, 9.17) is 9.47 Å². The molecule has 1 fully saturated rings. The van der Waals surface area contributed by atoms with Crippen molar-refractivity contribution in [2.45, 2.75) is 44.8 Å². The van der Waals surface area contributed by atoms with Gasteiger partial charge in [-0.2, -0.15) is 0 Å². The number of anilines is 1. The van der Waals surface area contributed by atoms with Crippen LogP contribution in [0.5, 0.6) is 11.5 Å². The predicted molar refractivity (Wildman–Crippen MR) is 119 cm³/mol. The van der Waals surface area contributed by atoms with Gasteiger partial charge >= 0.3 is 6.03 Å². The average Bonchev–Trinajstić information content (AvgIpc) is 3.09. The number of imide groups is 1. The molecule has 4 rings (SSSR count). The Morgan fingerprint density at radius 1 is 1.12 bits per heavy atom. The van der Waals surface area contributed by atoms with Gasteiger partial charge in [0.15, 0.2) is 11.5 Å². The molecule has 2 heterocycles. The van der Waals surface area contributed by atoms with Gasteiger partial charge in [-0.05, 0) is 42.2 Å². The summed E-state index contributed by atoms with van der Waals surface area (Å²) in [7, 11) is 0. The summed E-state index contributed by atoms with van der Waals surface area (Å²) in [5.74, 6) is 1.14. The minimum atomic E-state index is -0.723. The molecule has 2 N–H and O–H groups in total. The number of rotatable bonds is 7. The fraction of sp³-hybridized carbons (Fsp3) is 0.375. The Morgan fingerprint density at radius 2 is 1.84 bits per heavy atom. The molecule has 2 aromatic rings. The van der Waals surface area contributed by atoms with E-state index in [0.717, 1.165) is 10.5 Å². The van der Waals surface area contributed by atoms with Crippen molar-refractivity contribution in [1.29, 1.82) is 0 Å². The van der Waals surface area contributed by atoms with Crippen LogP contribution in [-0.4, -0.2) is 43.1 Å². The van der Waals surface area contributed by atoms with Gasteiger partial charge in [0.1, 0.15) is 18.8 Å². The Hall–Kier alpha value is -3.55. The Balaban J connectivity index is 1.25. The van der Waals surface area contributed by atoms with Gasteiger partial charge in [-0.3, -0.25) is 9.59 Å². The van der Waals surface area contributed by atoms with Crippen molar-refractivity contribution in [2.24, 2.45) is 0 Å². The molecule has 2 aliphatic heterocycles. The van der Waals surface area contributed by atoms with Crippen LogP contribution < -0.4 is 25.0 Å². The molecule has 2 aromatic carbocycles. The topological polar surface area (TPSA) is 97.0 Å². The second kappa shape index (κ2) is 9.30. The molecule has 8 heteroatoms. The number of amides is 4. The van der Waals surface area contributed by atoms with E-state index >= 15 is 0 Å². The number of hydrogen-bond donors (Lipinski definition) is 2. The third-order valence-electron chi connectivity index (χ3n) is 5.59. The highest BCUT2D eigenvalue weighted by Gasteiger charge is 2.39.